The predicted molar refractivity (Wildman–Crippen MR) is 66.2 cm³/mol. The van der Waals surface area contributed by atoms with E-state index in [0.29, 0.717) is 5.75 Å². The highest BCUT2D eigenvalue weighted by Gasteiger charge is 2.45. The van der Waals surface area contributed by atoms with E-state index >= 15 is 0 Å². The molecule has 19 heavy (non-hydrogen) atoms. The number of nitriles is 1. The Morgan fingerprint density at radius 3 is 2.47 bits per heavy atom. The van der Waals surface area contributed by atoms with Crippen molar-refractivity contribution >= 4 is 5.97 Å². The lowest BCUT2D eigenvalue weighted by molar-refractivity contribution is -0.213. The first-order valence-electron chi connectivity index (χ1n) is 5.99. The van der Waals surface area contributed by atoms with Crippen LogP contribution in [0.5, 0.6) is 5.75 Å². The third kappa shape index (κ3) is 2.92. The van der Waals surface area contributed by atoms with Gasteiger partial charge in [0, 0.05) is 0 Å². The van der Waals surface area contributed by atoms with E-state index in [-0.39, 0.29) is 13.2 Å². The minimum Gasteiger partial charge on any atom is -0.425 e. The van der Waals surface area contributed by atoms with Crippen molar-refractivity contribution in [2.75, 3.05) is 13.2 Å². The molecule has 0 bridgehead atoms. The molecule has 1 heterocycles. The molecular formula is C14H15NO4. The SMILES string of the molecule is Cc1ccc(OC(=O)C2(C#N)COC(C)OC2)cc1. The number of ether oxygens (including phenoxy) is 3. The largest absolute Gasteiger partial charge is 0.425 e. The van der Waals surface area contributed by atoms with Crippen molar-refractivity contribution in [1.82, 2.24) is 0 Å². The van der Waals surface area contributed by atoms with Crippen LogP contribution in [0.3, 0.4) is 0 Å². The number of nitrogens with zero attached hydrogens (tertiary/aromatic N) is 1. The summed E-state index contributed by atoms with van der Waals surface area (Å²) in [5, 5.41) is 9.21. The Labute approximate surface area is 111 Å². The lowest BCUT2D eigenvalue weighted by atomic mass is 9.91. The molecule has 0 unspecified atom stereocenters. The van der Waals surface area contributed by atoms with E-state index in [4.69, 9.17) is 14.2 Å². The molecule has 1 saturated heterocycles. The zero-order chi connectivity index (χ0) is 13.9. The Bertz CT molecular complexity index is 495. The number of aryl methyl sites for hydroxylation is 1. The van der Waals surface area contributed by atoms with E-state index in [1.165, 1.54) is 0 Å². The fourth-order valence-electron chi connectivity index (χ4n) is 1.65. The molecule has 0 amide bonds. The Balaban J connectivity index is 2.09. The van der Waals surface area contributed by atoms with Gasteiger partial charge in [-0.25, -0.2) is 4.79 Å². The molecule has 1 aliphatic heterocycles. The van der Waals surface area contributed by atoms with Crippen LogP contribution in [0.15, 0.2) is 24.3 Å². The summed E-state index contributed by atoms with van der Waals surface area (Å²) < 4.78 is 15.7. The zero-order valence-corrected chi connectivity index (χ0v) is 10.9. The van der Waals surface area contributed by atoms with Gasteiger partial charge in [-0.2, -0.15) is 5.26 Å². The van der Waals surface area contributed by atoms with Crippen LogP contribution in [0.25, 0.3) is 0 Å². The number of rotatable bonds is 2. The Kier molecular flexibility index (Phi) is 3.84. The van der Waals surface area contributed by atoms with Gasteiger partial charge in [0.25, 0.3) is 0 Å². The van der Waals surface area contributed by atoms with Gasteiger partial charge < -0.3 is 14.2 Å². The van der Waals surface area contributed by atoms with E-state index in [2.05, 4.69) is 0 Å². The summed E-state index contributed by atoms with van der Waals surface area (Å²) in [5.74, 6) is -0.241. The summed E-state index contributed by atoms with van der Waals surface area (Å²) in [4.78, 5) is 12.1. The van der Waals surface area contributed by atoms with Gasteiger partial charge in [-0.1, -0.05) is 17.7 Å². The maximum absolute atomic E-state index is 12.1. The molecule has 100 valence electrons. The van der Waals surface area contributed by atoms with Gasteiger partial charge >= 0.3 is 5.97 Å². The quantitative estimate of drug-likeness (QED) is 0.600. The number of benzene rings is 1. The lowest BCUT2D eigenvalue weighted by Crippen LogP contribution is -2.47. The lowest BCUT2D eigenvalue weighted by Gasteiger charge is -2.31. The molecular weight excluding hydrogens is 246 g/mol. The highest BCUT2D eigenvalue weighted by molar-refractivity contribution is 5.82. The topological polar surface area (TPSA) is 68.6 Å². The third-order valence-corrected chi connectivity index (χ3v) is 2.97. The number of esters is 1. The Hall–Kier alpha value is -1.90. The number of hydrogen-bond donors (Lipinski definition) is 0. The first kappa shape index (κ1) is 13.5. The van der Waals surface area contributed by atoms with Crippen molar-refractivity contribution in [2.45, 2.75) is 20.1 Å². The van der Waals surface area contributed by atoms with Crippen LogP contribution in [0.4, 0.5) is 0 Å². The van der Waals surface area contributed by atoms with Crippen LogP contribution in [-0.4, -0.2) is 25.5 Å². The average molecular weight is 261 g/mol. The van der Waals surface area contributed by atoms with Gasteiger partial charge in [0.15, 0.2) is 6.29 Å². The van der Waals surface area contributed by atoms with E-state index < -0.39 is 17.7 Å². The van der Waals surface area contributed by atoms with Crippen molar-refractivity contribution in [3.8, 4) is 11.8 Å². The van der Waals surface area contributed by atoms with Crippen LogP contribution < -0.4 is 4.74 Å². The number of carbonyl (C=O) groups is 1. The normalized spacial score (nSPS) is 26.5. The van der Waals surface area contributed by atoms with Crippen LogP contribution in [0.1, 0.15) is 12.5 Å². The molecule has 0 saturated carbocycles. The molecule has 5 heteroatoms. The van der Waals surface area contributed by atoms with E-state index in [1.807, 2.05) is 25.1 Å². The Morgan fingerprint density at radius 1 is 1.37 bits per heavy atom. The molecule has 0 spiro atoms. The molecule has 0 radical (unpaired) electrons. The van der Waals surface area contributed by atoms with Crippen molar-refractivity contribution < 1.29 is 19.0 Å². The van der Waals surface area contributed by atoms with E-state index in [1.54, 1.807) is 19.1 Å². The van der Waals surface area contributed by atoms with Crippen molar-refractivity contribution in [3.05, 3.63) is 29.8 Å². The van der Waals surface area contributed by atoms with Gasteiger partial charge in [-0.05, 0) is 26.0 Å². The van der Waals surface area contributed by atoms with Crippen LogP contribution in [0.2, 0.25) is 0 Å². The smallest absolute Gasteiger partial charge is 0.336 e. The molecule has 1 aromatic rings. The molecule has 0 aromatic heterocycles. The second kappa shape index (κ2) is 5.39. The van der Waals surface area contributed by atoms with Crippen molar-refractivity contribution in [3.63, 3.8) is 0 Å². The van der Waals surface area contributed by atoms with Crippen molar-refractivity contribution in [2.24, 2.45) is 5.41 Å². The molecule has 5 nitrogen and oxygen atoms in total. The fourth-order valence-corrected chi connectivity index (χ4v) is 1.65. The molecule has 2 rings (SSSR count). The van der Waals surface area contributed by atoms with E-state index in [0.717, 1.165) is 5.56 Å². The minimum atomic E-state index is -1.39. The summed E-state index contributed by atoms with van der Waals surface area (Å²) in [5.41, 5.74) is -0.329. The molecule has 0 aliphatic carbocycles. The van der Waals surface area contributed by atoms with Gasteiger partial charge in [0.2, 0.25) is 5.41 Å². The second-order valence-electron chi connectivity index (χ2n) is 4.59. The molecule has 1 aromatic carbocycles. The summed E-state index contributed by atoms with van der Waals surface area (Å²) in [6.07, 6.45) is -0.409. The summed E-state index contributed by atoms with van der Waals surface area (Å²) in [6, 6.07) is 8.98. The number of carbonyl (C=O) groups excluding carboxylic acids is 1. The summed E-state index contributed by atoms with van der Waals surface area (Å²) in [6.45, 7) is 3.61. The average Bonchev–Trinajstić information content (AvgIpc) is 2.42. The van der Waals surface area contributed by atoms with E-state index in [9.17, 15) is 10.1 Å². The fraction of sp³-hybridized carbons (Fsp3) is 0.429. The highest BCUT2D eigenvalue weighted by atomic mass is 16.7. The van der Waals surface area contributed by atoms with Gasteiger partial charge in [0.05, 0.1) is 19.3 Å². The van der Waals surface area contributed by atoms with Gasteiger partial charge in [-0.3, -0.25) is 0 Å². The second-order valence-corrected chi connectivity index (χ2v) is 4.59. The maximum Gasteiger partial charge on any atom is 0.336 e. The zero-order valence-electron chi connectivity index (χ0n) is 10.9. The minimum absolute atomic E-state index is 0.0185. The molecule has 1 fully saturated rings. The summed E-state index contributed by atoms with van der Waals surface area (Å²) in [7, 11) is 0. The molecule has 0 N–H and O–H groups in total. The van der Waals surface area contributed by atoms with Crippen LogP contribution in [-0.2, 0) is 14.3 Å². The maximum atomic E-state index is 12.1. The first-order chi connectivity index (χ1) is 9.05. The highest BCUT2D eigenvalue weighted by Crippen LogP contribution is 2.26. The van der Waals surface area contributed by atoms with Crippen molar-refractivity contribution in [1.29, 1.82) is 5.26 Å². The van der Waals surface area contributed by atoms with Crippen LogP contribution in [0, 0.1) is 23.7 Å². The molecule has 1 aliphatic rings. The number of hydrogen-bond acceptors (Lipinski definition) is 5. The van der Waals surface area contributed by atoms with Gasteiger partial charge in [0.1, 0.15) is 5.75 Å². The molecule has 0 atom stereocenters. The van der Waals surface area contributed by atoms with Gasteiger partial charge in [-0.15, -0.1) is 0 Å². The monoisotopic (exact) mass is 261 g/mol. The Morgan fingerprint density at radius 2 is 1.95 bits per heavy atom. The predicted octanol–water partition coefficient (Wildman–Crippen LogP) is 1.80. The third-order valence-electron chi connectivity index (χ3n) is 2.97. The van der Waals surface area contributed by atoms with Crippen LogP contribution >= 0.6 is 0 Å². The summed E-state index contributed by atoms with van der Waals surface area (Å²) >= 11 is 0. The standard InChI is InChI=1S/C14H15NO4/c1-10-3-5-12(6-4-10)19-13(16)14(7-15)8-17-11(2)18-9-14/h3-6,11H,8-9H2,1-2H3. The first-order valence-corrected chi connectivity index (χ1v) is 5.99.